The summed E-state index contributed by atoms with van der Waals surface area (Å²) in [5, 5.41) is 9.83. The minimum atomic E-state index is -4.65. The van der Waals surface area contributed by atoms with Crippen LogP contribution in [-0.4, -0.2) is 29.1 Å². The first-order chi connectivity index (χ1) is 12.9. The van der Waals surface area contributed by atoms with Gasteiger partial charge in [0.25, 0.3) is 5.91 Å². The Morgan fingerprint density at radius 2 is 1.93 bits per heavy atom. The zero-order chi connectivity index (χ0) is 19.4. The summed E-state index contributed by atoms with van der Waals surface area (Å²) in [5.74, 6) is -0.728. The summed E-state index contributed by atoms with van der Waals surface area (Å²) in [7, 11) is -4.65. The molecule has 0 aliphatic rings. The lowest BCUT2D eigenvalue weighted by atomic mass is 10.1. The average molecular weight is 385 g/mol. The molecule has 3 aromatic rings. The van der Waals surface area contributed by atoms with Crippen LogP contribution < -0.4 is 9.79 Å². The minimum absolute atomic E-state index is 0.174. The number of hydrogen-bond acceptors (Lipinski definition) is 5. The number of pyridine rings is 1. The number of amides is 1. The molecule has 8 nitrogen and oxygen atoms in total. The lowest BCUT2D eigenvalue weighted by Crippen LogP contribution is -2.25. The fourth-order valence-corrected chi connectivity index (χ4v) is 3.43. The number of nitrogens with zero attached hydrogens (tertiary/aromatic N) is 2. The van der Waals surface area contributed by atoms with Crippen LogP contribution in [-0.2, 0) is 15.1 Å². The molecular formula is C18H15N3O5S. The quantitative estimate of drug-likeness (QED) is 0.269. The molecule has 1 heterocycles. The highest BCUT2D eigenvalue weighted by Gasteiger charge is 2.23. The molecule has 138 valence electrons. The maximum absolute atomic E-state index is 12.2. The Balaban J connectivity index is 2.15. The third-order valence-electron chi connectivity index (χ3n) is 3.75. The van der Waals surface area contributed by atoms with Crippen LogP contribution in [0.25, 0.3) is 16.8 Å². The molecule has 3 rings (SSSR count). The van der Waals surface area contributed by atoms with E-state index in [1.807, 2.05) is 0 Å². The number of hydrogen-bond donors (Lipinski definition) is 3. The summed E-state index contributed by atoms with van der Waals surface area (Å²) >= 11 is 0. The summed E-state index contributed by atoms with van der Waals surface area (Å²) in [6.07, 6.45) is 5.60. The highest BCUT2D eigenvalue weighted by molar-refractivity contribution is 7.87. The van der Waals surface area contributed by atoms with Crippen molar-refractivity contribution in [3.8, 4) is 0 Å². The van der Waals surface area contributed by atoms with Crippen molar-refractivity contribution >= 4 is 44.4 Å². The number of benzene rings is 2. The van der Waals surface area contributed by atoms with Crippen LogP contribution in [0, 0.1) is 0 Å². The van der Waals surface area contributed by atoms with Gasteiger partial charge in [-0.2, -0.15) is 8.42 Å². The summed E-state index contributed by atoms with van der Waals surface area (Å²) in [6.45, 7) is 0. The Bertz CT molecular complexity index is 1120. The van der Waals surface area contributed by atoms with Crippen LogP contribution in [0.2, 0.25) is 0 Å². The van der Waals surface area contributed by atoms with Crippen LogP contribution in [0.4, 0.5) is 11.4 Å². The van der Waals surface area contributed by atoms with Gasteiger partial charge in [-0.3, -0.25) is 19.5 Å². The van der Waals surface area contributed by atoms with Gasteiger partial charge in [0.05, 0.1) is 11.4 Å². The molecule has 0 saturated heterocycles. The van der Waals surface area contributed by atoms with Crippen LogP contribution in [0.5, 0.6) is 0 Å². The third kappa shape index (κ3) is 4.11. The summed E-state index contributed by atoms with van der Waals surface area (Å²) in [4.78, 5) is 15.1. The molecule has 0 unspecified atom stereocenters. The molecule has 27 heavy (non-hydrogen) atoms. The molecule has 0 saturated carbocycles. The summed E-state index contributed by atoms with van der Waals surface area (Å²) < 4.78 is 35.0. The van der Waals surface area contributed by atoms with Crippen molar-refractivity contribution in [1.29, 1.82) is 0 Å². The second-order valence-corrected chi connectivity index (χ2v) is 6.78. The predicted octanol–water partition coefficient (Wildman–Crippen LogP) is 2.69. The number of aromatic nitrogens is 1. The number of hydroxylamine groups is 1. The van der Waals surface area contributed by atoms with Gasteiger partial charge in [-0.15, -0.1) is 0 Å². The summed E-state index contributed by atoms with van der Waals surface area (Å²) in [6, 6.07) is 12.9. The van der Waals surface area contributed by atoms with Gasteiger partial charge in [-0.05, 0) is 35.9 Å². The van der Waals surface area contributed by atoms with E-state index < -0.39 is 16.2 Å². The molecule has 0 atom stereocenters. The first-order valence-corrected chi connectivity index (χ1v) is 9.12. The number of carbonyl (C=O) groups excluding carboxylic acids is 1. The van der Waals surface area contributed by atoms with Gasteiger partial charge in [0.1, 0.15) is 0 Å². The lowest BCUT2D eigenvalue weighted by molar-refractivity contribution is -0.124. The molecule has 2 aromatic carbocycles. The van der Waals surface area contributed by atoms with Gasteiger partial charge in [0.2, 0.25) is 0 Å². The van der Waals surface area contributed by atoms with Crippen molar-refractivity contribution in [2.24, 2.45) is 0 Å². The number of nitrogens with one attached hydrogen (secondary N) is 1. The maximum Gasteiger partial charge on any atom is 0.364 e. The van der Waals surface area contributed by atoms with Crippen molar-refractivity contribution in [1.82, 2.24) is 10.5 Å². The van der Waals surface area contributed by atoms with Gasteiger partial charge in [0, 0.05) is 29.2 Å². The molecular weight excluding hydrogens is 370 g/mol. The van der Waals surface area contributed by atoms with Gasteiger partial charge >= 0.3 is 10.3 Å². The van der Waals surface area contributed by atoms with E-state index in [-0.39, 0.29) is 11.4 Å². The van der Waals surface area contributed by atoms with Crippen molar-refractivity contribution < 1.29 is 23.0 Å². The number of rotatable bonds is 5. The fourth-order valence-electron chi connectivity index (χ4n) is 2.64. The SMILES string of the molecule is O=C(/C=C/c1cccc(N(c2cccc3cnccc23)S(=O)(=O)O)c1)NO. The molecule has 0 aliphatic carbocycles. The molecule has 3 N–H and O–H groups in total. The van der Waals surface area contributed by atoms with Crippen molar-refractivity contribution in [2.45, 2.75) is 0 Å². The highest BCUT2D eigenvalue weighted by atomic mass is 32.2. The van der Waals surface area contributed by atoms with Crippen LogP contribution in [0.1, 0.15) is 5.56 Å². The Kier molecular flexibility index (Phi) is 5.17. The maximum atomic E-state index is 12.2. The smallest absolute Gasteiger partial charge is 0.288 e. The molecule has 1 amide bonds. The number of carbonyl (C=O) groups is 1. The van der Waals surface area contributed by atoms with Crippen molar-refractivity contribution in [2.75, 3.05) is 4.31 Å². The molecule has 0 bridgehead atoms. The van der Waals surface area contributed by atoms with E-state index in [1.54, 1.807) is 42.6 Å². The third-order valence-corrected chi connectivity index (χ3v) is 4.62. The minimum Gasteiger partial charge on any atom is -0.288 e. The zero-order valence-corrected chi connectivity index (χ0v) is 14.7. The molecule has 1 aromatic heterocycles. The molecule has 0 fully saturated rings. The number of anilines is 2. The Labute approximate surface area is 155 Å². The Morgan fingerprint density at radius 3 is 2.67 bits per heavy atom. The topological polar surface area (TPSA) is 120 Å². The average Bonchev–Trinajstić information content (AvgIpc) is 2.66. The van der Waals surface area contributed by atoms with E-state index in [0.29, 0.717) is 16.3 Å². The molecule has 0 aliphatic heterocycles. The van der Waals surface area contributed by atoms with Gasteiger partial charge in [-0.25, -0.2) is 9.79 Å². The largest absolute Gasteiger partial charge is 0.364 e. The number of fused-ring (bicyclic) bond motifs is 1. The first-order valence-electron chi connectivity index (χ1n) is 7.73. The van der Waals surface area contributed by atoms with Gasteiger partial charge < -0.3 is 0 Å². The first kappa shape index (κ1) is 18.5. The standard InChI is InChI=1S/C18H15N3O5S/c22-18(20-23)8-7-13-3-1-5-15(11-13)21(27(24,25)26)17-6-2-4-14-12-19-10-9-16(14)17/h1-12,23H,(H,20,22)(H,24,25,26)/b8-7+. The van der Waals surface area contributed by atoms with Crippen molar-refractivity contribution in [3.05, 3.63) is 72.6 Å². The van der Waals surface area contributed by atoms with Gasteiger partial charge in [0.15, 0.2) is 0 Å². The van der Waals surface area contributed by atoms with E-state index in [9.17, 15) is 17.8 Å². The van der Waals surface area contributed by atoms with E-state index >= 15 is 0 Å². The second kappa shape index (κ2) is 7.54. The molecule has 0 radical (unpaired) electrons. The van der Waals surface area contributed by atoms with Crippen LogP contribution in [0.15, 0.2) is 67.0 Å². The fraction of sp³-hybridized carbons (Fsp3) is 0. The van der Waals surface area contributed by atoms with E-state index in [4.69, 9.17) is 5.21 Å². The lowest BCUT2D eigenvalue weighted by Gasteiger charge is -2.22. The Morgan fingerprint density at radius 1 is 1.15 bits per heavy atom. The van der Waals surface area contributed by atoms with Crippen LogP contribution in [0.3, 0.4) is 0 Å². The normalized spacial score (nSPS) is 11.6. The monoisotopic (exact) mass is 385 g/mol. The van der Waals surface area contributed by atoms with Crippen LogP contribution >= 0.6 is 0 Å². The zero-order valence-electron chi connectivity index (χ0n) is 13.9. The van der Waals surface area contributed by atoms with Crippen molar-refractivity contribution in [3.63, 3.8) is 0 Å². The molecule has 0 spiro atoms. The second-order valence-electron chi connectivity index (χ2n) is 5.52. The summed E-state index contributed by atoms with van der Waals surface area (Å²) in [5.41, 5.74) is 2.39. The predicted molar refractivity (Wildman–Crippen MR) is 101 cm³/mol. The molecule has 9 heteroatoms. The van der Waals surface area contributed by atoms with E-state index in [1.165, 1.54) is 29.9 Å². The van der Waals surface area contributed by atoms with Gasteiger partial charge in [-0.1, -0.05) is 24.3 Å². The van der Waals surface area contributed by atoms with E-state index in [2.05, 4.69) is 4.98 Å². The van der Waals surface area contributed by atoms with E-state index in [0.717, 1.165) is 10.4 Å². The Hall–Kier alpha value is -3.27. The highest BCUT2D eigenvalue weighted by Crippen LogP contribution is 2.34.